The van der Waals surface area contributed by atoms with Gasteiger partial charge in [0, 0.05) is 6.54 Å². The number of amidine groups is 1. The zero-order valence-electron chi connectivity index (χ0n) is 8.64. The summed E-state index contributed by atoms with van der Waals surface area (Å²) in [5.74, 6) is 2.00. The summed E-state index contributed by atoms with van der Waals surface area (Å²) in [5, 5.41) is 0. The number of nitrogens with zero attached hydrogens (tertiary/aromatic N) is 1. The zero-order chi connectivity index (χ0) is 10.0. The number of nitrogens with two attached hydrogens (primary N) is 1. The third-order valence-corrected chi connectivity index (χ3v) is 4.28. The smallest absolute Gasteiger partial charge is 0.109 e. The van der Waals surface area contributed by atoms with Crippen LogP contribution in [0.15, 0.2) is 4.99 Å². The van der Waals surface area contributed by atoms with Crippen molar-refractivity contribution >= 4 is 17.4 Å². The molecule has 3 saturated carbocycles. The molecular weight excluding hydrogens is 196 g/mol. The van der Waals surface area contributed by atoms with Gasteiger partial charge < -0.3 is 5.73 Å². The molecule has 0 amide bonds. The summed E-state index contributed by atoms with van der Waals surface area (Å²) in [7, 11) is 0. The number of aliphatic imine (C=N–C) groups is 1. The highest BCUT2D eigenvalue weighted by atomic mass is 35.5. The molecule has 0 aliphatic heterocycles. The lowest BCUT2D eigenvalue weighted by molar-refractivity contribution is 0.0738. The fourth-order valence-electron chi connectivity index (χ4n) is 2.89. The fourth-order valence-corrected chi connectivity index (χ4v) is 2.97. The Morgan fingerprint density at radius 2 is 1.86 bits per heavy atom. The van der Waals surface area contributed by atoms with E-state index in [1.807, 2.05) is 0 Å². The molecule has 2 N–H and O–H groups in total. The second-order valence-corrected chi connectivity index (χ2v) is 5.19. The van der Waals surface area contributed by atoms with Crippen molar-refractivity contribution in [2.45, 2.75) is 38.5 Å². The van der Waals surface area contributed by atoms with E-state index < -0.39 is 0 Å². The van der Waals surface area contributed by atoms with Crippen LogP contribution in [-0.2, 0) is 0 Å². The SMILES string of the molecule is NC(CCl)=NCC12CCC(CC1)CC2. The maximum atomic E-state index is 5.63. The highest BCUT2D eigenvalue weighted by molar-refractivity contribution is 6.27. The van der Waals surface area contributed by atoms with E-state index in [9.17, 15) is 0 Å². The van der Waals surface area contributed by atoms with Gasteiger partial charge in [-0.05, 0) is 49.9 Å². The van der Waals surface area contributed by atoms with Crippen LogP contribution in [0.5, 0.6) is 0 Å². The van der Waals surface area contributed by atoms with E-state index in [1.165, 1.54) is 38.5 Å². The second kappa shape index (κ2) is 4.09. The van der Waals surface area contributed by atoms with Gasteiger partial charge in [0.05, 0.1) is 5.88 Å². The van der Waals surface area contributed by atoms with E-state index in [-0.39, 0.29) is 0 Å². The van der Waals surface area contributed by atoms with Gasteiger partial charge in [0.1, 0.15) is 5.84 Å². The molecule has 3 fully saturated rings. The van der Waals surface area contributed by atoms with Gasteiger partial charge in [-0.15, -0.1) is 11.6 Å². The van der Waals surface area contributed by atoms with Crippen LogP contribution in [0.4, 0.5) is 0 Å². The van der Waals surface area contributed by atoms with Crippen LogP contribution in [0.25, 0.3) is 0 Å². The van der Waals surface area contributed by atoms with Gasteiger partial charge in [-0.25, -0.2) is 0 Å². The molecule has 0 saturated heterocycles. The molecular formula is C11H19ClN2. The first-order chi connectivity index (χ1) is 6.74. The predicted molar refractivity (Wildman–Crippen MR) is 60.8 cm³/mol. The van der Waals surface area contributed by atoms with Crippen molar-refractivity contribution < 1.29 is 0 Å². The van der Waals surface area contributed by atoms with Crippen LogP contribution < -0.4 is 5.73 Å². The molecule has 3 aliphatic rings. The van der Waals surface area contributed by atoms with E-state index in [4.69, 9.17) is 17.3 Å². The topological polar surface area (TPSA) is 38.4 Å². The normalized spacial score (nSPS) is 37.5. The molecule has 3 heteroatoms. The summed E-state index contributed by atoms with van der Waals surface area (Å²) in [6.07, 6.45) is 8.31. The Morgan fingerprint density at radius 1 is 1.29 bits per heavy atom. The monoisotopic (exact) mass is 214 g/mol. The number of halogens is 1. The molecule has 0 atom stereocenters. The molecule has 0 spiro atoms. The molecule has 0 aromatic carbocycles. The quantitative estimate of drug-likeness (QED) is 0.438. The molecule has 14 heavy (non-hydrogen) atoms. The van der Waals surface area contributed by atoms with Gasteiger partial charge in [0.15, 0.2) is 0 Å². The van der Waals surface area contributed by atoms with Crippen molar-refractivity contribution in [2.24, 2.45) is 22.1 Å². The maximum absolute atomic E-state index is 5.63. The number of alkyl halides is 1. The largest absolute Gasteiger partial charge is 0.386 e. The second-order valence-electron chi connectivity index (χ2n) is 4.92. The van der Waals surface area contributed by atoms with Crippen molar-refractivity contribution in [3.8, 4) is 0 Å². The number of hydrogen-bond acceptors (Lipinski definition) is 1. The number of rotatable bonds is 3. The van der Waals surface area contributed by atoms with Gasteiger partial charge in [-0.2, -0.15) is 0 Å². The van der Waals surface area contributed by atoms with Crippen LogP contribution in [-0.4, -0.2) is 18.3 Å². The molecule has 2 bridgehead atoms. The van der Waals surface area contributed by atoms with Gasteiger partial charge in [-0.3, -0.25) is 4.99 Å². The Bertz CT molecular complexity index is 216. The third-order valence-electron chi connectivity index (χ3n) is 4.00. The zero-order valence-corrected chi connectivity index (χ0v) is 9.39. The molecule has 3 rings (SSSR count). The number of hydrogen-bond donors (Lipinski definition) is 1. The summed E-state index contributed by atoms with van der Waals surface area (Å²) in [6.45, 7) is 0.915. The average molecular weight is 215 g/mol. The lowest BCUT2D eigenvalue weighted by atomic mass is 9.61. The lowest BCUT2D eigenvalue weighted by Crippen LogP contribution is -2.37. The standard InChI is InChI=1S/C11H19ClN2/c12-7-10(13)14-8-11-4-1-9(2-5-11)3-6-11/h9H,1-8H2,(H2,13,14). The van der Waals surface area contributed by atoms with E-state index in [1.54, 1.807) is 0 Å². The summed E-state index contributed by atoms with van der Waals surface area (Å²) >= 11 is 5.61. The van der Waals surface area contributed by atoms with E-state index in [0.717, 1.165) is 12.5 Å². The van der Waals surface area contributed by atoms with E-state index >= 15 is 0 Å². The highest BCUT2D eigenvalue weighted by Gasteiger charge is 2.39. The maximum Gasteiger partial charge on any atom is 0.109 e. The minimum Gasteiger partial charge on any atom is -0.386 e. The predicted octanol–water partition coefficient (Wildman–Crippen LogP) is 2.55. The molecule has 80 valence electrons. The van der Waals surface area contributed by atoms with Crippen LogP contribution in [0.1, 0.15) is 38.5 Å². The minimum atomic E-state index is 0.374. The summed E-state index contributed by atoms with van der Waals surface area (Å²) < 4.78 is 0. The fraction of sp³-hybridized carbons (Fsp3) is 0.909. The lowest BCUT2D eigenvalue weighted by Gasteiger charge is -2.45. The van der Waals surface area contributed by atoms with Crippen molar-refractivity contribution in [1.82, 2.24) is 0 Å². The molecule has 0 unspecified atom stereocenters. The minimum absolute atomic E-state index is 0.374. The Morgan fingerprint density at radius 3 is 2.36 bits per heavy atom. The average Bonchev–Trinajstić information content (AvgIpc) is 2.28. The Kier molecular flexibility index (Phi) is 3.01. The van der Waals surface area contributed by atoms with Crippen molar-refractivity contribution in [3.63, 3.8) is 0 Å². The van der Waals surface area contributed by atoms with Crippen LogP contribution in [0, 0.1) is 11.3 Å². The van der Waals surface area contributed by atoms with Crippen LogP contribution in [0.3, 0.4) is 0 Å². The highest BCUT2D eigenvalue weighted by Crippen LogP contribution is 2.50. The molecule has 0 aromatic rings. The molecule has 0 aromatic heterocycles. The van der Waals surface area contributed by atoms with Gasteiger partial charge in [0.25, 0.3) is 0 Å². The first kappa shape index (κ1) is 10.3. The van der Waals surface area contributed by atoms with Crippen molar-refractivity contribution in [1.29, 1.82) is 0 Å². The van der Waals surface area contributed by atoms with Crippen LogP contribution >= 0.6 is 11.6 Å². The first-order valence-electron chi connectivity index (χ1n) is 5.59. The molecule has 2 nitrogen and oxygen atoms in total. The number of fused-ring (bicyclic) bond motifs is 3. The molecule has 0 heterocycles. The Hall–Kier alpha value is -0.240. The molecule has 0 radical (unpaired) electrons. The third kappa shape index (κ3) is 2.05. The van der Waals surface area contributed by atoms with Crippen molar-refractivity contribution in [2.75, 3.05) is 12.4 Å². The molecule has 3 aliphatic carbocycles. The van der Waals surface area contributed by atoms with Gasteiger partial charge in [-0.1, -0.05) is 0 Å². The van der Waals surface area contributed by atoms with Crippen LogP contribution in [0.2, 0.25) is 0 Å². The van der Waals surface area contributed by atoms with Crippen molar-refractivity contribution in [3.05, 3.63) is 0 Å². The van der Waals surface area contributed by atoms with Gasteiger partial charge in [0.2, 0.25) is 0 Å². The summed E-state index contributed by atoms with van der Waals surface area (Å²) in [4.78, 5) is 4.40. The summed E-state index contributed by atoms with van der Waals surface area (Å²) in [6, 6.07) is 0. The summed E-state index contributed by atoms with van der Waals surface area (Å²) in [5.41, 5.74) is 6.13. The Labute approximate surface area is 90.9 Å². The first-order valence-corrected chi connectivity index (χ1v) is 6.12. The van der Waals surface area contributed by atoms with E-state index in [2.05, 4.69) is 4.99 Å². The van der Waals surface area contributed by atoms with Gasteiger partial charge >= 0.3 is 0 Å². The Balaban J connectivity index is 1.95. The van der Waals surface area contributed by atoms with E-state index in [0.29, 0.717) is 17.1 Å².